The maximum Gasteiger partial charge on any atom is 0.229 e. The van der Waals surface area contributed by atoms with Gasteiger partial charge in [0, 0.05) is 45.2 Å². The van der Waals surface area contributed by atoms with E-state index in [4.69, 9.17) is 10.5 Å². The Kier molecular flexibility index (Phi) is 7.04. The van der Waals surface area contributed by atoms with E-state index < -0.39 is 11.6 Å². The number of anilines is 3. The molecule has 0 bridgehead atoms. The molecule has 10 nitrogen and oxygen atoms in total. The molecule has 3 N–H and O–H groups in total. The van der Waals surface area contributed by atoms with Gasteiger partial charge in [-0.05, 0) is 41.8 Å². The van der Waals surface area contributed by atoms with Gasteiger partial charge in [-0.2, -0.15) is 9.61 Å². The minimum atomic E-state index is -0.674. The number of pyridine rings is 1. The molecular formula is C29H32F2N8O2. The number of carbonyl (C=O) groups is 1. The molecule has 2 aliphatic heterocycles. The molecule has 0 radical (unpaired) electrons. The van der Waals surface area contributed by atoms with Gasteiger partial charge in [-0.25, -0.2) is 13.8 Å². The van der Waals surface area contributed by atoms with Crippen molar-refractivity contribution < 1.29 is 18.3 Å². The van der Waals surface area contributed by atoms with Gasteiger partial charge in [0.1, 0.15) is 11.6 Å². The van der Waals surface area contributed by atoms with Crippen molar-refractivity contribution in [3.8, 4) is 11.3 Å². The van der Waals surface area contributed by atoms with Crippen LogP contribution in [0, 0.1) is 17.6 Å². The Labute approximate surface area is 236 Å². The van der Waals surface area contributed by atoms with Crippen molar-refractivity contribution >= 4 is 28.7 Å². The Morgan fingerprint density at radius 1 is 1.15 bits per heavy atom. The number of hydrogen-bond acceptors (Lipinski definition) is 8. The molecule has 0 spiro atoms. The fraction of sp³-hybridized carbons (Fsp3) is 0.379. The Morgan fingerprint density at radius 3 is 2.56 bits per heavy atom. The zero-order valence-corrected chi connectivity index (χ0v) is 23.1. The van der Waals surface area contributed by atoms with Crippen LogP contribution in [0.1, 0.15) is 25.3 Å². The summed E-state index contributed by atoms with van der Waals surface area (Å²) in [6.07, 6.45) is 5.02. The number of likely N-dealkylation sites (N-methyl/N-ethyl adjacent to an activating group) is 1. The molecule has 3 aromatic heterocycles. The van der Waals surface area contributed by atoms with Gasteiger partial charge < -0.3 is 25.6 Å². The van der Waals surface area contributed by atoms with E-state index in [0.717, 1.165) is 5.69 Å². The standard InChI is InChI=1S/C29H32F2N8O2/c1-16-12-38(13-23(32)28(16)37(3)17(2)40)26-6-7-33-11-25(26)35-29-34-10-20-4-5-24(36-39(20)29)27-21(30)8-18(9-22(27)31)19-14-41-15-19/h4-11,16,19,23,28H,12-15,32H2,1-3H3,(H,34,35). The lowest BCUT2D eigenvalue weighted by Gasteiger charge is -2.46. The molecule has 6 rings (SSSR count). The average molecular weight is 563 g/mol. The predicted molar refractivity (Wildman–Crippen MR) is 151 cm³/mol. The number of benzene rings is 1. The first-order chi connectivity index (χ1) is 19.7. The second kappa shape index (κ2) is 10.7. The lowest BCUT2D eigenvalue weighted by Crippen LogP contribution is -2.62. The quantitative estimate of drug-likeness (QED) is 0.367. The number of nitrogens with one attached hydrogen (secondary N) is 1. The van der Waals surface area contributed by atoms with Crippen LogP contribution in [-0.2, 0) is 9.53 Å². The van der Waals surface area contributed by atoms with Crippen LogP contribution in [0.3, 0.4) is 0 Å². The summed E-state index contributed by atoms with van der Waals surface area (Å²) in [5, 5.41) is 7.84. The number of piperidine rings is 1. The number of imidazole rings is 1. The molecule has 2 aliphatic rings. The summed E-state index contributed by atoms with van der Waals surface area (Å²) in [6.45, 7) is 5.77. The van der Waals surface area contributed by atoms with Crippen LogP contribution >= 0.6 is 0 Å². The van der Waals surface area contributed by atoms with Crippen molar-refractivity contribution in [1.29, 1.82) is 0 Å². The average Bonchev–Trinajstić information content (AvgIpc) is 3.29. The van der Waals surface area contributed by atoms with Gasteiger partial charge in [-0.15, -0.1) is 0 Å². The highest BCUT2D eigenvalue weighted by Gasteiger charge is 2.36. The normalized spacial score (nSPS) is 21.1. The number of fused-ring (bicyclic) bond motifs is 1. The maximum absolute atomic E-state index is 15.1. The number of hydrogen-bond donors (Lipinski definition) is 2. The first kappa shape index (κ1) is 27.0. The lowest BCUT2D eigenvalue weighted by atomic mass is 9.88. The first-order valence-electron chi connectivity index (χ1n) is 13.6. The van der Waals surface area contributed by atoms with Gasteiger partial charge in [0.25, 0.3) is 0 Å². The first-order valence-corrected chi connectivity index (χ1v) is 13.6. The van der Waals surface area contributed by atoms with Gasteiger partial charge in [0.05, 0.1) is 59.8 Å². The van der Waals surface area contributed by atoms with Crippen LogP contribution in [0.25, 0.3) is 16.8 Å². The zero-order valence-electron chi connectivity index (χ0n) is 23.1. The highest BCUT2D eigenvalue weighted by molar-refractivity contribution is 5.75. The Bertz CT molecular complexity index is 1570. The second-order valence-electron chi connectivity index (χ2n) is 10.9. The van der Waals surface area contributed by atoms with Crippen molar-refractivity contribution in [1.82, 2.24) is 24.5 Å². The van der Waals surface area contributed by atoms with Crippen LogP contribution in [0.4, 0.5) is 26.1 Å². The minimum Gasteiger partial charge on any atom is -0.380 e. The summed E-state index contributed by atoms with van der Waals surface area (Å²) >= 11 is 0. The number of ether oxygens (including phenoxy) is 1. The van der Waals surface area contributed by atoms with Crippen molar-refractivity contribution in [2.75, 3.05) is 43.6 Å². The number of rotatable bonds is 6. The van der Waals surface area contributed by atoms with Crippen LogP contribution in [-0.4, -0.2) is 75.8 Å². The Balaban J connectivity index is 1.29. The van der Waals surface area contributed by atoms with E-state index >= 15 is 8.78 Å². The predicted octanol–water partition coefficient (Wildman–Crippen LogP) is 3.56. The lowest BCUT2D eigenvalue weighted by molar-refractivity contribution is -0.131. The molecule has 41 heavy (non-hydrogen) atoms. The molecule has 0 aliphatic carbocycles. The summed E-state index contributed by atoms with van der Waals surface area (Å²) in [7, 11) is 1.79. The summed E-state index contributed by atoms with van der Waals surface area (Å²) in [5.41, 5.74) is 9.29. The van der Waals surface area contributed by atoms with Crippen LogP contribution in [0.5, 0.6) is 0 Å². The number of aromatic nitrogens is 4. The van der Waals surface area contributed by atoms with Gasteiger partial charge in [-0.3, -0.25) is 9.78 Å². The SMILES string of the molecule is CC(=O)N(C)C1C(C)CN(c2ccncc2Nc2ncc3ccc(-c4c(F)cc(C5COC5)cc4F)nn23)CC1N. The third-order valence-corrected chi connectivity index (χ3v) is 8.10. The van der Waals surface area contributed by atoms with E-state index in [0.29, 0.717) is 49.0 Å². The molecular weight excluding hydrogens is 530 g/mol. The van der Waals surface area contributed by atoms with Gasteiger partial charge in [-0.1, -0.05) is 6.92 Å². The van der Waals surface area contributed by atoms with E-state index in [1.54, 1.807) is 49.6 Å². The summed E-state index contributed by atoms with van der Waals surface area (Å²) in [6, 6.07) is 7.58. The molecule has 4 aromatic rings. The largest absolute Gasteiger partial charge is 0.380 e. The summed E-state index contributed by atoms with van der Waals surface area (Å²) < 4.78 is 36.9. The van der Waals surface area contributed by atoms with E-state index in [1.807, 2.05) is 6.07 Å². The molecule has 3 atom stereocenters. The van der Waals surface area contributed by atoms with Gasteiger partial charge >= 0.3 is 0 Å². The summed E-state index contributed by atoms with van der Waals surface area (Å²) in [5.74, 6) is -0.875. The van der Waals surface area contributed by atoms with Crippen molar-refractivity contribution in [2.45, 2.75) is 31.8 Å². The highest BCUT2D eigenvalue weighted by Crippen LogP contribution is 2.34. The molecule has 1 amide bonds. The topological polar surface area (TPSA) is 114 Å². The van der Waals surface area contributed by atoms with Gasteiger partial charge in [0.2, 0.25) is 11.9 Å². The molecule has 2 saturated heterocycles. The monoisotopic (exact) mass is 562 g/mol. The molecule has 0 saturated carbocycles. The van der Waals surface area contributed by atoms with E-state index in [9.17, 15) is 4.79 Å². The van der Waals surface area contributed by atoms with Gasteiger partial charge in [0.15, 0.2) is 0 Å². The molecule has 2 fully saturated rings. The van der Waals surface area contributed by atoms with Crippen LogP contribution in [0.2, 0.25) is 0 Å². The third kappa shape index (κ3) is 4.97. The molecule has 5 heterocycles. The molecule has 12 heteroatoms. The molecule has 214 valence electrons. The fourth-order valence-corrected chi connectivity index (χ4v) is 5.87. The number of nitrogens with zero attached hydrogens (tertiary/aromatic N) is 6. The Morgan fingerprint density at radius 2 is 1.90 bits per heavy atom. The summed E-state index contributed by atoms with van der Waals surface area (Å²) in [4.78, 5) is 24.7. The number of nitrogens with two attached hydrogens (primary N) is 1. The highest BCUT2D eigenvalue weighted by atomic mass is 19.1. The molecule has 3 unspecified atom stereocenters. The van der Waals surface area contributed by atoms with Crippen molar-refractivity contribution in [3.63, 3.8) is 0 Å². The van der Waals surface area contributed by atoms with Crippen molar-refractivity contribution in [3.05, 3.63) is 66.1 Å². The van der Waals surface area contributed by atoms with Crippen LogP contribution in [0.15, 0.2) is 48.9 Å². The zero-order chi connectivity index (χ0) is 28.8. The van der Waals surface area contributed by atoms with E-state index in [2.05, 4.69) is 32.2 Å². The number of carbonyl (C=O) groups excluding carboxylic acids is 1. The smallest absolute Gasteiger partial charge is 0.229 e. The van der Waals surface area contributed by atoms with Crippen LogP contribution < -0.4 is 16.0 Å². The Hall–Kier alpha value is -4.16. The fourth-order valence-electron chi connectivity index (χ4n) is 5.87. The third-order valence-electron chi connectivity index (χ3n) is 8.10. The maximum atomic E-state index is 15.1. The second-order valence-corrected chi connectivity index (χ2v) is 10.9. The minimum absolute atomic E-state index is 0.00000835. The van der Waals surface area contributed by atoms with E-state index in [-0.39, 0.29) is 41.1 Å². The van der Waals surface area contributed by atoms with E-state index in [1.165, 1.54) is 16.6 Å². The van der Waals surface area contributed by atoms with Crippen molar-refractivity contribution in [2.24, 2.45) is 11.7 Å². The number of amides is 1. The number of halogens is 2. The molecule has 1 aromatic carbocycles.